The summed E-state index contributed by atoms with van der Waals surface area (Å²) in [6.07, 6.45) is 1.78. The van der Waals surface area contributed by atoms with Gasteiger partial charge in [0.15, 0.2) is 0 Å². The fourth-order valence-electron chi connectivity index (χ4n) is 6.18. The van der Waals surface area contributed by atoms with E-state index in [9.17, 15) is 0 Å². The lowest BCUT2D eigenvalue weighted by molar-refractivity contribution is 0.00578. The molecule has 8 rings (SSSR count). The molecule has 0 bridgehead atoms. The maximum Gasteiger partial charge on any atom is 0.495 e. The molecule has 4 aromatic rings. The third-order valence-electron chi connectivity index (χ3n) is 10.4. The number of nitrogens with zero attached hydrogens (tertiary/aromatic N) is 2. The van der Waals surface area contributed by atoms with E-state index in [1.54, 1.807) is 11.3 Å². The van der Waals surface area contributed by atoms with Crippen LogP contribution in [0.5, 0.6) is 5.75 Å². The molecule has 11 heteroatoms. The van der Waals surface area contributed by atoms with Crippen molar-refractivity contribution in [2.45, 2.75) is 103 Å². The first kappa shape index (κ1) is 28.8. The van der Waals surface area contributed by atoms with Crippen molar-refractivity contribution in [1.82, 2.24) is 9.55 Å². The van der Waals surface area contributed by atoms with Crippen molar-refractivity contribution in [1.29, 1.82) is 0 Å². The van der Waals surface area contributed by atoms with Crippen LogP contribution in [-0.2, 0) is 18.6 Å². The van der Waals surface area contributed by atoms with Crippen molar-refractivity contribution in [2.24, 2.45) is 0 Å². The minimum atomic E-state index is -0.710. The Labute approximate surface area is 262 Å². The molecule has 0 spiro atoms. The van der Waals surface area contributed by atoms with Crippen LogP contribution >= 0.6 is 11.3 Å². The molecule has 0 amide bonds. The van der Waals surface area contributed by atoms with E-state index in [1.165, 1.54) is 18.9 Å². The van der Waals surface area contributed by atoms with Gasteiger partial charge in [0.2, 0.25) is 6.23 Å². The lowest BCUT2D eigenvalue weighted by Gasteiger charge is -2.32. The number of hydrogen-bond donors (Lipinski definition) is 0. The van der Waals surface area contributed by atoms with Gasteiger partial charge in [0.05, 0.1) is 44.2 Å². The van der Waals surface area contributed by atoms with Gasteiger partial charge in [-0.2, -0.15) is 0 Å². The average Bonchev–Trinajstić information content (AvgIpc) is 3.36. The van der Waals surface area contributed by atoms with Crippen molar-refractivity contribution >= 4 is 47.4 Å². The Kier molecular flexibility index (Phi) is 6.01. The fraction of sp³-hybridized carbons (Fsp3) is 0.485. The molecular weight excluding hydrogens is 577 g/mol. The molecule has 2 aromatic carbocycles. The number of hydrogen-bond acceptors (Lipinski definition) is 7. The first-order valence-electron chi connectivity index (χ1n) is 15.5. The van der Waals surface area contributed by atoms with E-state index in [1.807, 2.05) is 79.7 Å². The van der Waals surface area contributed by atoms with Gasteiger partial charge in [0.25, 0.3) is 0 Å². The van der Waals surface area contributed by atoms with E-state index in [0.717, 1.165) is 32.8 Å². The number of fused-ring (bicyclic) bond motifs is 5. The molecule has 1 saturated carbocycles. The third-order valence-corrected chi connectivity index (χ3v) is 11.5. The van der Waals surface area contributed by atoms with E-state index < -0.39 is 48.7 Å². The minimum absolute atomic E-state index is 0.391. The van der Waals surface area contributed by atoms with Crippen LogP contribution in [0.25, 0.3) is 22.2 Å². The molecule has 3 fully saturated rings. The molecule has 2 aromatic heterocycles. The van der Waals surface area contributed by atoms with Gasteiger partial charge in [-0.3, -0.25) is 4.57 Å². The van der Waals surface area contributed by atoms with E-state index in [4.69, 9.17) is 28.3 Å². The first-order chi connectivity index (χ1) is 20.6. The normalized spacial score (nSPS) is 24.4. The molecule has 1 unspecified atom stereocenters. The summed E-state index contributed by atoms with van der Waals surface area (Å²) in [5, 5.41) is 4.15. The smallest absolute Gasteiger partial charge is 0.463 e. The second-order valence-corrected chi connectivity index (χ2v) is 15.5. The SMILES string of the molecule is CC1(C)OB(c2cc(F)c3c(c2)OC(c2csc(C4CC4)n2)n2c-3cc3cc(B4OC(C)(C)C(C)(C)O4)ccc32)OC1(C)C. The molecule has 0 radical (unpaired) electrons. The summed E-state index contributed by atoms with van der Waals surface area (Å²) in [6.45, 7) is 16.2. The number of aromatic nitrogens is 2. The summed E-state index contributed by atoms with van der Waals surface area (Å²) in [5.41, 5.74) is 2.39. The molecule has 44 heavy (non-hydrogen) atoms. The summed E-state index contributed by atoms with van der Waals surface area (Å²) >= 11 is 1.67. The van der Waals surface area contributed by atoms with Crippen molar-refractivity contribution in [3.8, 4) is 17.0 Å². The zero-order valence-electron chi connectivity index (χ0n) is 26.5. The molecular formula is C33H37B2FN2O5S. The largest absolute Gasteiger partial charge is 0.495 e. The summed E-state index contributed by atoms with van der Waals surface area (Å²) in [7, 11) is -1.21. The van der Waals surface area contributed by atoms with Crippen LogP contribution in [0.3, 0.4) is 0 Å². The van der Waals surface area contributed by atoms with Gasteiger partial charge in [0.1, 0.15) is 17.3 Å². The highest BCUT2D eigenvalue weighted by Gasteiger charge is 2.53. The van der Waals surface area contributed by atoms with Crippen molar-refractivity contribution in [3.63, 3.8) is 0 Å². The Hall–Kier alpha value is -2.69. The van der Waals surface area contributed by atoms with Crippen LogP contribution < -0.4 is 15.7 Å². The average molecular weight is 614 g/mol. The van der Waals surface area contributed by atoms with Crippen LogP contribution in [0.2, 0.25) is 0 Å². The molecule has 4 aliphatic rings. The zero-order valence-corrected chi connectivity index (χ0v) is 27.3. The van der Waals surface area contributed by atoms with Gasteiger partial charge in [-0.15, -0.1) is 11.3 Å². The number of rotatable bonds is 4. The Morgan fingerprint density at radius 1 is 0.818 bits per heavy atom. The molecule has 1 atom stereocenters. The lowest BCUT2D eigenvalue weighted by atomic mass is 9.78. The summed E-state index contributed by atoms with van der Waals surface area (Å²) in [4.78, 5) is 5.02. The van der Waals surface area contributed by atoms with Gasteiger partial charge in [0, 0.05) is 16.7 Å². The third kappa shape index (κ3) is 4.26. The Morgan fingerprint density at radius 3 is 2.05 bits per heavy atom. The van der Waals surface area contributed by atoms with Crippen LogP contribution in [-0.4, -0.2) is 46.2 Å². The van der Waals surface area contributed by atoms with E-state index in [-0.39, 0.29) is 0 Å². The van der Waals surface area contributed by atoms with Gasteiger partial charge in [-0.1, -0.05) is 12.1 Å². The number of thiazole rings is 1. The van der Waals surface area contributed by atoms with Gasteiger partial charge in [-0.25, -0.2) is 9.37 Å². The van der Waals surface area contributed by atoms with E-state index in [0.29, 0.717) is 22.7 Å². The topological polar surface area (TPSA) is 64.0 Å². The zero-order chi connectivity index (χ0) is 31.0. The van der Waals surface area contributed by atoms with Crippen molar-refractivity contribution in [2.75, 3.05) is 0 Å². The number of halogens is 1. The molecule has 5 heterocycles. The standard InChI is InChI=1S/C33H37B2FN2O5S/c1-30(2)31(3,4)41-34(40-30)20-11-12-24-19(13-20)14-25-27-22(36)15-21(35-42-32(5,6)33(7,8)43-35)16-26(27)39-29(38(24)25)23-17-44-28(37-23)18-9-10-18/h11-18,29H,9-10H2,1-8H3. The summed E-state index contributed by atoms with van der Waals surface area (Å²) in [5.74, 6) is 0.584. The van der Waals surface area contributed by atoms with Crippen molar-refractivity contribution < 1.29 is 27.7 Å². The predicted octanol–water partition coefficient (Wildman–Crippen LogP) is 6.32. The van der Waals surface area contributed by atoms with Gasteiger partial charge < -0.3 is 23.4 Å². The first-order valence-corrected chi connectivity index (χ1v) is 16.3. The van der Waals surface area contributed by atoms with E-state index in [2.05, 4.69) is 16.0 Å². The van der Waals surface area contributed by atoms with E-state index >= 15 is 4.39 Å². The van der Waals surface area contributed by atoms with Crippen LogP contribution in [0.1, 0.15) is 91.1 Å². The highest BCUT2D eigenvalue weighted by atomic mass is 32.1. The fourth-order valence-corrected chi connectivity index (χ4v) is 7.18. The summed E-state index contributed by atoms with van der Waals surface area (Å²) < 4.78 is 50.3. The Balaban J connectivity index is 1.25. The molecule has 7 nitrogen and oxygen atoms in total. The number of benzene rings is 2. The molecule has 228 valence electrons. The highest BCUT2D eigenvalue weighted by Crippen LogP contribution is 2.47. The monoisotopic (exact) mass is 614 g/mol. The molecule has 2 saturated heterocycles. The number of ether oxygens (including phenoxy) is 1. The maximum atomic E-state index is 16.3. The quantitative estimate of drug-likeness (QED) is 0.251. The van der Waals surface area contributed by atoms with Gasteiger partial charge >= 0.3 is 14.2 Å². The van der Waals surface area contributed by atoms with Crippen LogP contribution in [0, 0.1) is 5.82 Å². The molecule has 0 N–H and O–H groups in total. The predicted molar refractivity (Wildman–Crippen MR) is 172 cm³/mol. The Bertz CT molecular complexity index is 1800. The van der Waals surface area contributed by atoms with Crippen LogP contribution in [0.4, 0.5) is 4.39 Å². The van der Waals surface area contributed by atoms with Gasteiger partial charge in [-0.05, 0) is 103 Å². The maximum absolute atomic E-state index is 16.3. The minimum Gasteiger partial charge on any atom is -0.463 e. The molecule has 1 aliphatic carbocycles. The molecule has 3 aliphatic heterocycles. The highest BCUT2D eigenvalue weighted by molar-refractivity contribution is 7.09. The lowest BCUT2D eigenvalue weighted by Crippen LogP contribution is -2.41. The summed E-state index contributed by atoms with van der Waals surface area (Å²) in [6, 6.07) is 11.6. The van der Waals surface area contributed by atoms with Crippen molar-refractivity contribution in [3.05, 3.63) is 58.3 Å². The Morgan fingerprint density at radius 2 is 1.43 bits per heavy atom. The second-order valence-electron chi connectivity index (χ2n) is 14.6. The van der Waals surface area contributed by atoms with Crippen LogP contribution in [0.15, 0.2) is 41.8 Å². The second kappa shape index (κ2) is 9.19.